The smallest absolute Gasteiger partial charge is 0.0711 e. The molecule has 0 aromatic heterocycles. The fourth-order valence-corrected chi connectivity index (χ4v) is 11.6. The van der Waals surface area contributed by atoms with Gasteiger partial charge in [0.15, 0.2) is 0 Å². The topological polar surface area (TPSA) is 3.24 Å². The van der Waals surface area contributed by atoms with E-state index < -0.39 is 5.41 Å². The minimum atomic E-state index is -0.475. The van der Waals surface area contributed by atoms with Crippen molar-refractivity contribution in [3.05, 3.63) is 221 Å². The van der Waals surface area contributed by atoms with E-state index in [4.69, 9.17) is 0 Å². The zero-order valence-electron chi connectivity index (χ0n) is 32.9. The van der Waals surface area contributed by atoms with Crippen molar-refractivity contribution >= 4 is 38.5 Å². The molecule has 0 aliphatic heterocycles. The molecule has 0 bridgehead atoms. The van der Waals surface area contributed by atoms with Crippen molar-refractivity contribution < 1.29 is 0 Å². The molecule has 1 saturated carbocycles. The zero-order valence-corrected chi connectivity index (χ0v) is 32.9. The van der Waals surface area contributed by atoms with Gasteiger partial charge in [0.2, 0.25) is 0 Å². The summed E-state index contributed by atoms with van der Waals surface area (Å²) < 4.78 is 0. The Morgan fingerprint density at radius 2 is 1.23 bits per heavy atom. The average molecular weight is 734 g/mol. The molecular formula is C56H47N. The lowest BCUT2D eigenvalue weighted by Crippen LogP contribution is -2.31. The van der Waals surface area contributed by atoms with Crippen molar-refractivity contribution in [1.29, 1.82) is 0 Å². The molecule has 0 amide bonds. The van der Waals surface area contributed by atoms with Gasteiger partial charge in [-0.05, 0) is 141 Å². The highest BCUT2D eigenvalue weighted by Gasteiger charge is 2.50. The maximum atomic E-state index is 2.66. The zero-order chi connectivity index (χ0) is 38.1. The Balaban J connectivity index is 1.21. The molecular weight excluding hydrogens is 687 g/mol. The summed E-state index contributed by atoms with van der Waals surface area (Å²) in [5, 5.41) is 5.14. The third-order valence-electron chi connectivity index (χ3n) is 13.8. The highest BCUT2D eigenvalue weighted by atomic mass is 15.2. The standard InChI is InChI=1S/C56H47N/c1-3-17-40(4-2)56(41-19-6-5-7-20-41)51-26-13-11-22-45(51)47-33-32-43(37-52(47)56)57(42-31-30-39-29-28-38-18-8-9-21-44(38)49(39)36-42)53-27-16-24-48-46-23-10-12-25-50(46)55(54(48)53)34-14-15-35-55/h3-13,17-23,25-33,36-37H,14-16,24,34-35H2,1-2H3/b17-3-,40-4+. The Kier molecular flexibility index (Phi) is 7.90. The van der Waals surface area contributed by atoms with Gasteiger partial charge >= 0.3 is 0 Å². The van der Waals surface area contributed by atoms with Crippen molar-refractivity contribution in [2.24, 2.45) is 0 Å². The summed E-state index contributed by atoms with van der Waals surface area (Å²) in [6.07, 6.45) is 16.5. The van der Waals surface area contributed by atoms with Crippen LogP contribution in [0.15, 0.2) is 193 Å². The van der Waals surface area contributed by atoms with Gasteiger partial charge in [0, 0.05) is 22.5 Å². The molecule has 1 atom stereocenters. The summed E-state index contributed by atoms with van der Waals surface area (Å²) in [6.45, 7) is 4.35. The summed E-state index contributed by atoms with van der Waals surface area (Å²) in [7, 11) is 0. The van der Waals surface area contributed by atoms with Crippen LogP contribution in [0.5, 0.6) is 0 Å². The number of anilines is 2. The monoisotopic (exact) mass is 733 g/mol. The van der Waals surface area contributed by atoms with Crippen molar-refractivity contribution in [2.45, 2.75) is 63.2 Å². The van der Waals surface area contributed by atoms with Gasteiger partial charge in [0.25, 0.3) is 0 Å². The summed E-state index contributed by atoms with van der Waals surface area (Å²) >= 11 is 0. The molecule has 1 fully saturated rings. The van der Waals surface area contributed by atoms with Crippen LogP contribution in [-0.4, -0.2) is 0 Å². The van der Waals surface area contributed by atoms with Crippen LogP contribution < -0.4 is 4.90 Å². The van der Waals surface area contributed by atoms with E-state index in [0.29, 0.717) is 0 Å². The first kappa shape index (κ1) is 34.1. The van der Waals surface area contributed by atoms with Gasteiger partial charge in [-0.2, -0.15) is 0 Å². The lowest BCUT2D eigenvalue weighted by Gasteiger charge is -2.39. The Hall–Kier alpha value is -6.18. The first-order chi connectivity index (χ1) is 28.2. The molecule has 1 heteroatoms. The molecule has 11 rings (SSSR count). The summed E-state index contributed by atoms with van der Waals surface area (Å²) in [5.74, 6) is 0. The molecule has 0 heterocycles. The van der Waals surface area contributed by atoms with Crippen molar-refractivity contribution in [2.75, 3.05) is 4.90 Å². The molecule has 57 heavy (non-hydrogen) atoms. The third kappa shape index (κ3) is 4.82. The molecule has 4 aliphatic rings. The van der Waals surface area contributed by atoms with Gasteiger partial charge in [0.1, 0.15) is 0 Å². The molecule has 7 aromatic carbocycles. The van der Waals surface area contributed by atoms with Gasteiger partial charge in [-0.3, -0.25) is 0 Å². The Labute approximate surface area is 337 Å². The first-order valence-corrected chi connectivity index (χ1v) is 21.0. The van der Waals surface area contributed by atoms with Crippen LogP contribution in [0.4, 0.5) is 11.4 Å². The molecule has 7 aromatic rings. The van der Waals surface area contributed by atoms with Crippen molar-refractivity contribution in [3.8, 4) is 11.1 Å². The van der Waals surface area contributed by atoms with Crippen LogP contribution in [0.3, 0.4) is 0 Å². The quantitative estimate of drug-likeness (QED) is 0.121. The predicted molar refractivity (Wildman–Crippen MR) is 241 cm³/mol. The van der Waals surface area contributed by atoms with Gasteiger partial charge < -0.3 is 4.90 Å². The normalized spacial score (nSPS) is 19.3. The largest absolute Gasteiger partial charge is 0.310 e. The number of fused-ring (bicyclic) bond motifs is 10. The number of hydrogen-bond acceptors (Lipinski definition) is 1. The van der Waals surface area contributed by atoms with Crippen LogP contribution in [0.1, 0.15) is 80.2 Å². The van der Waals surface area contributed by atoms with E-state index in [1.807, 2.05) is 0 Å². The predicted octanol–water partition coefficient (Wildman–Crippen LogP) is 14.9. The van der Waals surface area contributed by atoms with E-state index in [2.05, 4.69) is 195 Å². The van der Waals surface area contributed by atoms with E-state index in [-0.39, 0.29) is 5.41 Å². The van der Waals surface area contributed by atoms with E-state index in [0.717, 1.165) is 12.8 Å². The Morgan fingerprint density at radius 3 is 2.04 bits per heavy atom. The third-order valence-corrected chi connectivity index (χ3v) is 13.8. The van der Waals surface area contributed by atoms with E-state index >= 15 is 0 Å². The molecule has 0 N–H and O–H groups in total. The van der Waals surface area contributed by atoms with Crippen LogP contribution in [-0.2, 0) is 10.8 Å². The highest BCUT2D eigenvalue weighted by Crippen LogP contribution is 2.62. The van der Waals surface area contributed by atoms with Gasteiger partial charge in [-0.15, -0.1) is 0 Å². The van der Waals surface area contributed by atoms with Crippen molar-refractivity contribution in [3.63, 3.8) is 0 Å². The lowest BCUT2D eigenvalue weighted by atomic mass is 9.67. The highest BCUT2D eigenvalue weighted by molar-refractivity contribution is 6.09. The van der Waals surface area contributed by atoms with E-state index in [1.54, 1.807) is 16.7 Å². The number of allylic oxidation sites excluding steroid dienone is 7. The van der Waals surface area contributed by atoms with Crippen LogP contribution in [0.2, 0.25) is 0 Å². The van der Waals surface area contributed by atoms with Crippen LogP contribution in [0.25, 0.3) is 38.2 Å². The molecule has 1 nitrogen and oxygen atoms in total. The van der Waals surface area contributed by atoms with Gasteiger partial charge in [0.05, 0.1) is 5.41 Å². The minimum Gasteiger partial charge on any atom is -0.310 e. The maximum absolute atomic E-state index is 2.66. The summed E-state index contributed by atoms with van der Waals surface area (Å²) in [6, 6.07) is 57.7. The first-order valence-electron chi connectivity index (χ1n) is 21.0. The second-order valence-corrected chi connectivity index (χ2v) is 16.5. The fraction of sp³-hybridized carbons (Fsp3) is 0.179. The molecule has 276 valence electrons. The van der Waals surface area contributed by atoms with Gasteiger partial charge in [-0.1, -0.05) is 165 Å². The molecule has 4 aliphatic carbocycles. The molecule has 0 radical (unpaired) electrons. The number of hydrogen-bond donors (Lipinski definition) is 0. The van der Waals surface area contributed by atoms with E-state index in [9.17, 15) is 0 Å². The number of rotatable bonds is 6. The Bertz CT molecular complexity index is 2880. The van der Waals surface area contributed by atoms with Crippen molar-refractivity contribution in [1.82, 2.24) is 0 Å². The minimum absolute atomic E-state index is 0.0464. The maximum Gasteiger partial charge on any atom is 0.0711 e. The number of nitrogens with zero attached hydrogens (tertiary/aromatic N) is 1. The molecule has 1 spiro atoms. The lowest BCUT2D eigenvalue weighted by molar-refractivity contribution is 0.535. The SMILES string of the molecule is C/C=C\C(=C/C)C1(c2ccccc2)c2ccccc2-c2ccc(N(C3=CCCC4=C3C3(CCCC3)c3ccccc34)c3ccc4ccc5ccccc5c4c3)cc21. The second-order valence-electron chi connectivity index (χ2n) is 16.5. The second kappa shape index (κ2) is 13.2. The number of benzene rings is 7. The molecule has 1 unspecified atom stereocenters. The Morgan fingerprint density at radius 1 is 0.579 bits per heavy atom. The summed E-state index contributed by atoms with van der Waals surface area (Å²) in [4.78, 5) is 2.66. The average Bonchev–Trinajstić information content (AvgIpc) is 3.96. The van der Waals surface area contributed by atoms with Crippen LogP contribution >= 0.6 is 0 Å². The van der Waals surface area contributed by atoms with E-state index in [1.165, 1.54) is 103 Å². The fourth-order valence-electron chi connectivity index (χ4n) is 11.6. The molecule has 0 saturated heterocycles. The summed E-state index contributed by atoms with van der Waals surface area (Å²) in [5.41, 5.74) is 17.4. The van der Waals surface area contributed by atoms with Crippen LogP contribution in [0, 0.1) is 0 Å². The van der Waals surface area contributed by atoms with Gasteiger partial charge in [-0.25, -0.2) is 0 Å².